The Morgan fingerprint density at radius 1 is 1.43 bits per heavy atom. The number of carboxylic acid groups (broad SMARTS) is 1. The second-order valence-electron chi connectivity index (χ2n) is 5.69. The van der Waals surface area contributed by atoms with E-state index in [4.69, 9.17) is 11.6 Å². The van der Waals surface area contributed by atoms with Gasteiger partial charge < -0.3 is 10.0 Å². The normalized spacial score (nSPS) is 21.9. The number of benzene rings is 1. The minimum atomic E-state index is -0.949. The van der Waals surface area contributed by atoms with Crippen molar-refractivity contribution >= 4 is 23.5 Å². The van der Waals surface area contributed by atoms with Crippen LogP contribution in [0.3, 0.4) is 0 Å². The molecular weight excluding hydrogens is 297 g/mol. The van der Waals surface area contributed by atoms with E-state index in [1.54, 1.807) is 0 Å². The summed E-state index contributed by atoms with van der Waals surface area (Å²) in [5.74, 6) is -2.09. The van der Waals surface area contributed by atoms with E-state index in [9.17, 15) is 19.1 Å². The SMILES string of the molecule is CC(C)C1(C(=O)O)CCN(C(=O)c2cccc(F)c2Cl)C1. The summed E-state index contributed by atoms with van der Waals surface area (Å²) in [4.78, 5) is 25.4. The molecule has 6 heteroatoms. The molecule has 1 aliphatic heterocycles. The number of likely N-dealkylation sites (tertiary alicyclic amines) is 1. The maximum absolute atomic E-state index is 13.4. The third-order valence-electron chi connectivity index (χ3n) is 4.30. The van der Waals surface area contributed by atoms with Gasteiger partial charge in [0, 0.05) is 13.1 Å². The van der Waals surface area contributed by atoms with Gasteiger partial charge in [0.05, 0.1) is 16.0 Å². The Morgan fingerprint density at radius 3 is 2.62 bits per heavy atom. The van der Waals surface area contributed by atoms with Gasteiger partial charge in [-0.2, -0.15) is 0 Å². The predicted molar refractivity (Wildman–Crippen MR) is 76.8 cm³/mol. The second kappa shape index (κ2) is 5.64. The Labute approximate surface area is 127 Å². The number of hydrogen-bond acceptors (Lipinski definition) is 2. The highest BCUT2D eigenvalue weighted by atomic mass is 35.5. The average molecular weight is 314 g/mol. The molecule has 1 atom stereocenters. The average Bonchev–Trinajstić information content (AvgIpc) is 2.87. The zero-order valence-corrected chi connectivity index (χ0v) is 12.7. The molecule has 1 heterocycles. The van der Waals surface area contributed by atoms with Crippen LogP contribution >= 0.6 is 11.6 Å². The Morgan fingerprint density at radius 2 is 2.10 bits per heavy atom. The van der Waals surface area contributed by atoms with E-state index in [0.717, 1.165) is 0 Å². The van der Waals surface area contributed by atoms with Crippen molar-refractivity contribution in [3.05, 3.63) is 34.6 Å². The van der Waals surface area contributed by atoms with Crippen LogP contribution in [-0.4, -0.2) is 35.0 Å². The van der Waals surface area contributed by atoms with Crippen LogP contribution in [0.2, 0.25) is 5.02 Å². The highest BCUT2D eigenvalue weighted by Crippen LogP contribution is 2.39. The first-order chi connectivity index (χ1) is 9.79. The summed E-state index contributed by atoms with van der Waals surface area (Å²) in [5, 5.41) is 9.26. The van der Waals surface area contributed by atoms with Gasteiger partial charge in [0.25, 0.3) is 5.91 Å². The van der Waals surface area contributed by atoms with Gasteiger partial charge in [-0.05, 0) is 24.5 Å². The number of nitrogens with zero attached hydrogens (tertiary/aromatic N) is 1. The van der Waals surface area contributed by atoms with Gasteiger partial charge in [-0.3, -0.25) is 9.59 Å². The van der Waals surface area contributed by atoms with E-state index < -0.39 is 23.1 Å². The van der Waals surface area contributed by atoms with Gasteiger partial charge in [0.1, 0.15) is 5.82 Å². The first-order valence-corrected chi connectivity index (χ1v) is 7.14. The maximum Gasteiger partial charge on any atom is 0.311 e. The quantitative estimate of drug-likeness (QED) is 0.933. The van der Waals surface area contributed by atoms with Crippen LogP contribution in [0.25, 0.3) is 0 Å². The molecule has 1 saturated heterocycles. The predicted octanol–water partition coefficient (Wildman–Crippen LogP) is 3.05. The molecular formula is C15H17ClFNO3. The molecule has 0 aliphatic carbocycles. The standard InChI is InChI=1S/C15H17ClFNO3/c1-9(2)15(14(20)21)6-7-18(8-15)13(19)10-4-3-5-11(17)12(10)16/h3-5,9H,6-8H2,1-2H3,(H,20,21). The lowest BCUT2D eigenvalue weighted by Crippen LogP contribution is -2.40. The monoisotopic (exact) mass is 313 g/mol. The minimum Gasteiger partial charge on any atom is -0.481 e. The molecule has 2 rings (SSSR count). The fourth-order valence-corrected chi connectivity index (χ4v) is 2.95. The van der Waals surface area contributed by atoms with E-state index in [1.165, 1.54) is 23.1 Å². The highest BCUT2D eigenvalue weighted by Gasteiger charge is 2.48. The van der Waals surface area contributed by atoms with Gasteiger partial charge in [0.2, 0.25) is 0 Å². The lowest BCUT2D eigenvalue weighted by Gasteiger charge is -2.28. The summed E-state index contributed by atoms with van der Waals surface area (Å²) in [6, 6.07) is 4.04. The van der Waals surface area contributed by atoms with Gasteiger partial charge in [-0.15, -0.1) is 0 Å². The first-order valence-electron chi connectivity index (χ1n) is 6.76. The van der Waals surface area contributed by atoms with Crippen LogP contribution in [0.15, 0.2) is 18.2 Å². The summed E-state index contributed by atoms with van der Waals surface area (Å²) in [7, 11) is 0. The maximum atomic E-state index is 13.4. The number of carbonyl (C=O) groups is 2. The van der Waals surface area contributed by atoms with Crippen molar-refractivity contribution in [2.24, 2.45) is 11.3 Å². The molecule has 0 spiro atoms. The number of aliphatic carboxylic acids is 1. The summed E-state index contributed by atoms with van der Waals surface area (Å²) < 4.78 is 13.4. The van der Waals surface area contributed by atoms with Crippen molar-refractivity contribution in [2.75, 3.05) is 13.1 Å². The summed E-state index contributed by atoms with van der Waals surface area (Å²) in [6.07, 6.45) is 0.388. The molecule has 0 bridgehead atoms. The number of rotatable bonds is 3. The zero-order valence-electron chi connectivity index (χ0n) is 11.9. The second-order valence-corrected chi connectivity index (χ2v) is 6.07. The molecule has 1 N–H and O–H groups in total. The van der Waals surface area contributed by atoms with Gasteiger partial charge >= 0.3 is 5.97 Å². The summed E-state index contributed by atoms with van der Waals surface area (Å²) in [5.41, 5.74) is -0.878. The van der Waals surface area contributed by atoms with Gasteiger partial charge in [0.15, 0.2) is 0 Å². The Kier molecular flexibility index (Phi) is 4.23. The Balaban J connectivity index is 2.27. The molecule has 114 valence electrons. The molecule has 1 fully saturated rings. The van der Waals surface area contributed by atoms with Crippen molar-refractivity contribution in [2.45, 2.75) is 20.3 Å². The van der Waals surface area contributed by atoms with Crippen molar-refractivity contribution in [1.29, 1.82) is 0 Å². The Hall–Kier alpha value is -1.62. The number of halogens is 2. The van der Waals surface area contributed by atoms with E-state index in [0.29, 0.717) is 13.0 Å². The Bertz CT molecular complexity index is 590. The number of hydrogen-bond donors (Lipinski definition) is 1. The molecule has 0 aromatic heterocycles. The third kappa shape index (κ3) is 2.62. The van der Waals surface area contributed by atoms with E-state index in [1.807, 2.05) is 13.8 Å². The first kappa shape index (κ1) is 15.8. The third-order valence-corrected chi connectivity index (χ3v) is 4.69. The number of carbonyl (C=O) groups excluding carboxylic acids is 1. The fourth-order valence-electron chi connectivity index (χ4n) is 2.74. The van der Waals surface area contributed by atoms with E-state index >= 15 is 0 Å². The lowest BCUT2D eigenvalue weighted by atomic mass is 9.76. The molecule has 4 nitrogen and oxygen atoms in total. The molecule has 21 heavy (non-hydrogen) atoms. The summed E-state index contributed by atoms with van der Waals surface area (Å²) >= 11 is 5.82. The molecule has 0 saturated carbocycles. The largest absolute Gasteiger partial charge is 0.481 e. The van der Waals surface area contributed by atoms with Gasteiger partial charge in [-0.1, -0.05) is 31.5 Å². The van der Waals surface area contributed by atoms with E-state index in [2.05, 4.69) is 0 Å². The van der Waals surface area contributed by atoms with Crippen molar-refractivity contribution in [3.8, 4) is 0 Å². The number of carboxylic acids is 1. The smallest absolute Gasteiger partial charge is 0.311 e. The van der Waals surface area contributed by atoms with Crippen LogP contribution in [0.5, 0.6) is 0 Å². The summed E-state index contributed by atoms with van der Waals surface area (Å²) in [6.45, 7) is 4.11. The lowest BCUT2D eigenvalue weighted by molar-refractivity contribution is -0.150. The van der Waals surface area contributed by atoms with Gasteiger partial charge in [-0.25, -0.2) is 4.39 Å². The highest BCUT2D eigenvalue weighted by molar-refractivity contribution is 6.34. The zero-order chi connectivity index (χ0) is 15.8. The van der Waals surface area contributed by atoms with Crippen LogP contribution in [0.4, 0.5) is 4.39 Å². The number of amides is 1. The van der Waals surface area contributed by atoms with E-state index in [-0.39, 0.29) is 23.0 Å². The van der Waals surface area contributed by atoms with Crippen LogP contribution < -0.4 is 0 Å². The molecule has 1 aliphatic rings. The fraction of sp³-hybridized carbons (Fsp3) is 0.467. The molecule has 1 aromatic rings. The van der Waals surface area contributed by atoms with Crippen LogP contribution in [0, 0.1) is 17.2 Å². The van der Waals surface area contributed by atoms with Crippen LogP contribution in [-0.2, 0) is 4.79 Å². The van der Waals surface area contributed by atoms with Crippen molar-refractivity contribution < 1.29 is 19.1 Å². The molecule has 1 amide bonds. The molecule has 1 unspecified atom stereocenters. The molecule has 1 aromatic carbocycles. The van der Waals surface area contributed by atoms with Crippen molar-refractivity contribution in [1.82, 2.24) is 4.90 Å². The molecule has 0 radical (unpaired) electrons. The minimum absolute atomic E-state index is 0.0709. The topological polar surface area (TPSA) is 57.6 Å². The van der Waals surface area contributed by atoms with Crippen LogP contribution in [0.1, 0.15) is 30.6 Å². The van der Waals surface area contributed by atoms with Crippen molar-refractivity contribution in [3.63, 3.8) is 0 Å².